The van der Waals surface area contributed by atoms with E-state index >= 15 is 0 Å². The first-order valence-electron chi connectivity index (χ1n) is 4.67. The second kappa shape index (κ2) is 4.76. The fraction of sp³-hybridized carbons (Fsp3) is 0.0833. The highest BCUT2D eigenvalue weighted by Crippen LogP contribution is 2.17. The Morgan fingerprint density at radius 2 is 2.19 bits per heavy atom. The van der Waals surface area contributed by atoms with Crippen molar-refractivity contribution >= 4 is 28.7 Å². The van der Waals surface area contributed by atoms with Gasteiger partial charge in [-0.15, -0.1) is 11.3 Å². The molecule has 0 unspecified atom stereocenters. The van der Waals surface area contributed by atoms with Gasteiger partial charge >= 0.3 is 0 Å². The Bertz CT molecular complexity index is 487. The molecule has 0 N–H and O–H groups in total. The zero-order valence-electron chi connectivity index (χ0n) is 8.24. The molecule has 16 heavy (non-hydrogen) atoms. The van der Waals surface area contributed by atoms with Crippen molar-refractivity contribution in [2.75, 3.05) is 0 Å². The standard InChI is InChI=1S/C12H8ClFOS/c13-9-4-8(5-10(14)6-9)12(15)7-11-2-1-3-16-11/h1-6H,7H2. The van der Waals surface area contributed by atoms with Gasteiger partial charge in [-0.2, -0.15) is 0 Å². The molecule has 1 aromatic heterocycles. The van der Waals surface area contributed by atoms with E-state index in [0.717, 1.165) is 4.88 Å². The van der Waals surface area contributed by atoms with Gasteiger partial charge in [0.2, 0.25) is 0 Å². The van der Waals surface area contributed by atoms with Crippen LogP contribution >= 0.6 is 22.9 Å². The third kappa shape index (κ3) is 2.68. The van der Waals surface area contributed by atoms with Crippen molar-refractivity contribution < 1.29 is 9.18 Å². The Balaban J connectivity index is 2.21. The summed E-state index contributed by atoms with van der Waals surface area (Å²) in [6, 6.07) is 7.64. The fourth-order valence-corrected chi connectivity index (χ4v) is 2.31. The van der Waals surface area contributed by atoms with Gasteiger partial charge in [0.15, 0.2) is 5.78 Å². The Hall–Kier alpha value is -1.19. The second-order valence-electron chi connectivity index (χ2n) is 3.34. The van der Waals surface area contributed by atoms with Crippen LogP contribution in [-0.4, -0.2) is 5.78 Å². The molecule has 1 heterocycles. The van der Waals surface area contributed by atoms with E-state index in [4.69, 9.17) is 11.6 Å². The lowest BCUT2D eigenvalue weighted by Crippen LogP contribution is -2.02. The summed E-state index contributed by atoms with van der Waals surface area (Å²) >= 11 is 7.19. The van der Waals surface area contributed by atoms with Crippen molar-refractivity contribution in [3.63, 3.8) is 0 Å². The summed E-state index contributed by atoms with van der Waals surface area (Å²) in [4.78, 5) is 12.8. The molecule has 0 saturated carbocycles. The summed E-state index contributed by atoms with van der Waals surface area (Å²) in [6.07, 6.45) is 0.289. The minimum atomic E-state index is -0.484. The first-order valence-corrected chi connectivity index (χ1v) is 5.92. The van der Waals surface area contributed by atoms with Crippen molar-refractivity contribution in [1.29, 1.82) is 0 Å². The van der Waals surface area contributed by atoms with Gasteiger partial charge in [-0.1, -0.05) is 17.7 Å². The highest BCUT2D eigenvalue weighted by atomic mass is 35.5. The summed E-state index contributed by atoms with van der Waals surface area (Å²) in [5.74, 6) is -0.606. The predicted molar refractivity (Wildman–Crippen MR) is 63.8 cm³/mol. The minimum Gasteiger partial charge on any atom is -0.294 e. The topological polar surface area (TPSA) is 17.1 Å². The molecule has 0 fully saturated rings. The third-order valence-electron chi connectivity index (χ3n) is 2.10. The molecular weight excluding hydrogens is 247 g/mol. The summed E-state index contributed by atoms with van der Waals surface area (Å²) in [5, 5.41) is 2.15. The lowest BCUT2D eigenvalue weighted by Gasteiger charge is -2.00. The van der Waals surface area contributed by atoms with Crippen LogP contribution in [0.25, 0.3) is 0 Å². The van der Waals surface area contributed by atoms with Crippen LogP contribution in [0.1, 0.15) is 15.2 Å². The van der Waals surface area contributed by atoms with E-state index in [2.05, 4.69) is 0 Å². The number of carbonyl (C=O) groups excluding carboxylic acids is 1. The van der Waals surface area contributed by atoms with Crippen molar-refractivity contribution in [3.05, 3.63) is 57.0 Å². The maximum atomic E-state index is 13.0. The molecule has 0 amide bonds. The van der Waals surface area contributed by atoms with Gasteiger partial charge in [-0.25, -0.2) is 4.39 Å². The highest BCUT2D eigenvalue weighted by Gasteiger charge is 2.09. The molecule has 0 radical (unpaired) electrons. The molecule has 0 atom stereocenters. The number of halogens is 2. The van der Waals surface area contributed by atoms with Crippen LogP contribution in [0.15, 0.2) is 35.7 Å². The van der Waals surface area contributed by atoms with Gasteiger partial charge in [-0.05, 0) is 29.6 Å². The number of benzene rings is 1. The van der Waals surface area contributed by atoms with Crippen molar-refractivity contribution in [3.8, 4) is 0 Å². The number of hydrogen-bond acceptors (Lipinski definition) is 2. The largest absolute Gasteiger partial charge is 0.294 e. The lowest BCUT2D eigenvalue weighted by molar-refractivity contribution is 0.0993. The second-order valence-corrected chi connectivity index (χ2v) is 4.81. The van der Waals surface area contributed by atoms with E-state index in [1.54, 1.807) is 0 Å². The van der Waals surface area contributed by atoms with E-state index in [0.29, 0.717) is 5.56 Å². The quantitative estimate of drug-likeness (QED) is 0.758. The SMILES string of the molecule is O=C(Cc1cccs1)c1cc(F)cc(Cl)c1. The summed E-state index contributed by atoms with van der Waals surface area (Å²) in [5.41, 5.74) is 0.318. The van der Waals surface area contributed by atoms with Gasteiger partial charge in [0.05, 0.1) is 0 Å². The van der Waals surface area contributed by atoms with Crippen molar-refractivity contribution in [1.82, 2.24) is 0 Å². The summed E-state index contributed by atoms with van der Waals surface area (Å²) in [6.45, 7) is 0. The van der Waals surface area contributed by atoms with Crippen molar-refractivity contribution in [2.24, 2.45) is 0 Å². The Kier molecular flexibility index (Phi) is 3.36. The van der Waals surface area contributed by atoms with E-state index in [1.807, 2.05) is 17.5 Å². The normalized spacial score (nSPS) is 10.4. The summed E-state index contributed by atoms with van der Waals surface area (Å²) in [7, 11) is 0. The van der Waals surface area contributed by atoms with E-state index in [-0.39, 0.29) is 17.2 Å². The molecule has 82 valence electrons. The van der Waals surface area contributed by atoms with Gasteiger partial charge in [-0.3, -0.25) is 4.79 Å². The Morgan fingerprint density at radius 1 is 1.38 bits per heavy atom. The summed E-state index contributed by atoms with van der Waals surface area (Å²) < 4.78 is 13.0. The molecule has 4 heteroatoms. The Labute approximate surface area is 101 Å². The van der Waals surface area contributed by atoms with Gasteiger partial charge in [0, 0.05) is 21.9 Å². The molecule has 1 nitrogen and oxygen atoms in total. The van der Waals surface area contributed by atoms with E-state index < -0.39 is 5.82 Å². The zero-order valence-corrected chi connectivity index (χ0v) is 9.82. The van der Waals surface area contributed by atoms with Gasteiger partial charge < -0.3 is 0 Å². The van der Waals surface area contributed by atoms with E-state index in [1.165, 1.54) is 29.5 Å². The molecule has 0 aliphatic heterocycles. The van der Waals surface area contributed by atoms with Crippen LogP contribution < -0.4 is 0 Å². The molecule has 0 aliphatic carbocycles. The van der Waals surface area contributed by atoms with Crippen LogP contribution in [0.3, 0.4) is 0 Å². The predicted octanol–water partition coefficient (Wildman–Crippen LogP) is 3.97. The van der Waals surface area contributed by atoms with Crippen LogP contribution in [0.2, 0.25) is 5.02 Å². The average molecular weight is 255 g/mol. The molecule has 0 bridgehead atoms. The molecule has 2 aromatic rings. The molecule has 0 aliphatic rings. The minimum absolute atomic E-state index is 0.121. The van der Waals surface area contributed by atoms with Crippen LogP contribution in [0.4, 0.5) is 4.39 Å². The first kappa shape index (κ1) is 11.3. The highest BCUT2D eigenvalue weighted by molar-refractivity contribution is 7.10. The molecule has 1 aromatic carbocycles. The average Bonchev–Trinajstić information content (AvgIpc) is 2.68. The molecule has 2 rings (SSSR count). The van der Waals surface area contributed by atoms with Crippen LogP contribution in [-0.2, 0) is 6.42 Å². The smallest absolute Gasteiger partial charge is 0.168 e. The number of Topliss-reactive ketones (excluding diaryl/α,β-unsaturated/α-hetero) is 1. The third-order valence-corrected chi connectivity index (χ3v) is 3.19. The van der Waals surface area contributed by atoms with Gasteiger partial charge in [0.25, 0.3) is 0 Å². The number of ketones is 1. The van der Waals surface area contributed by atoms with Crippen LogP contribution in [0.5, 0.6) is 0 Å². The molecule has 0 spiro atoms. The van der Waals surface area contributed by atoms with Gasteiger partial charge in [0.1, 0.15) is 5.82 Å². The maximum Gasteiger partial charge on any atom is 0.168 e. The zero-order chi connectivity index (χ0) is 11.5. The van der Waals surface area contributed by atoms with E-state index in [9.17, 15) is 9.18 Å². The monoisotopic (exact) mass is 254 g/mol. The van der Waals surface area contributed by atoms with Crippen LogP contribution in [0, 0.1) is 5.82 Å². The molecular formula is C12H8ClFOS. The number of thiophene rings is 1. The maximum absolute atomic E-state index is 13.0. The van der Waals surface area contributed by atoms with Crippen molar-refractivity contribution in [2.45, 2.75) is 6.42 Å². The number of carbonyl (C=O) groups is 1. The molecule has 0 saturated heterocycles. The lowest BCUT2D eigenvalue weighted by atomic mass is 10.1. The first-order chi connectivity index (χ1) is 7.65. The number of rotatable bonds is 3. The Morgan fingerprint density at radius 3 is 2.81 bits per heavy atom. The number of hydrogen-bond donors (Lipinski definition) is 0. The fourth-order valence-electron chi connectivity index (χ4n) is 1.39.